The van der Waals surface area contributed by atoms with Crippen LogP contribution in [0.2, 0.25) is 31.7 Å². The number of hydrogen-bond donors (Lipinski definition) is 0. The Morgan fingerprint density at radius 2 is 1.29 bits per heavy atom. The lowest BCUT2D eigenvalue weighted by molar-refractivity contribution is 0.269. The van der Waals surface area contributed by atoms with Crippen LogP contribution in [0.25, 0.3) is 0 Å². The summed E-state index contributed by atoms with van der Waals surface area (Å²) in [6.07, 6.45) is 1.60. The summed E-state index contributed by atoms with van der Waals surface area (Å²) in [6, 6.07) is 18.0. The van der Waals surface area contributed by atoms with Crippen LogP contribution in [0.5, 0.6) is 11.5 Å². The average Bonchev–Trinajstić information content (AvgIpc) is 2.97. The average molecular weight is 667 g/mol. The Bertz CT molecular complexity index is 1030. The van der Waals surface area contributed by atoms with E-state index in [0.717, 1.165) is 36.4 Å². The van der Waals surface area contributed by atoms with Gasteiger partial charge in [0.2, 0.25) is 10.5 Å². The van der Waals surface area contributed by atoms with Gasteiger partial charge in [-0.1, -0.05) is 38.1 Å². The van der Waals surface area contributed by atoms with E-state index in [-0.39, 0.29) is 15.4 Å². The Morgan fingerprint density at radius 3 is 1.71 bits per heavy atom. The molecule has 224 valence electrons. The van der Waals surface area contributed by atoms with Crippen molar-refractivity contribution in [1.29, 1.82) is 0 Å². The van der Waals surface area contributed by atoms with Crippen LogP contribution >= 0.6 is 0 Å². The van der Waals surface area contributed by atoms with E-state index in [2.05, 4.69) is 55.1 Å². The second kappa shape index (κ2) is 17.8. The summed E-state index contributed by atoms with van der Waals surface area (Å²) in [4.78, 5) is 0. The first-order chi connectivity index (χ1) is 19.5. The molecule has 0 bridgehead atoms. The fourth-order valence-electron chi connectivity index (χ4n) is 4.23. The van der Waals surface area contributed by atoms with Gasteiger partial charge in [0.15, 0.2) is 0 Å². The molecule has 0 fully saturated rings. The summed E-state index contributed by atoms with van der Waals surface area (Å²) in [5, 5.41) is 0. The van der Waals surface area contributed by atoms with Gasteiger partial charge >= 0.3 is 36.8 Å². The molecule has 2 aromatic carbocycles. The monoisotopic (exact) mass is 666 g/mol. The largest absolute Gasteiger partial charge is 0.580 e. The van der Waals surface area contributed by atoms with Gasteiger partial charge in [0.25, 0.3) is 9.28 Å². The van der Waals surface area contributed by atoms with Gasteiger partial charge in [0.05, 0.1) is 13.2 Å². The van der Waals surface area contributed by atoms with Crippen LogP contribution in [-0.4, -0.2) is 84.0 Å². The Hall–Kier alpha value is -1.26. The topological polar surface area (TPSA) is 90.9 Å². The van der Waals surface area contributed by atoms with Gasteiger partial charge in [0, 0.05) is 25.7 Å². The minimum absolute atomic E-state index is 0.0785. The predicted octanol–water partition coefficient (Wildman–Crippen LogP) is 4.49. The van der Waals surface area contributed by atoms with Crippen LogP contribution in [-0.2, 0) is 35.2 Å². The van der Waals surface area contributed by atoms with E-state index in [1.54, 1.807) is 14.2 Å². The van der Waals surface area contributed by atoms with Gasteiger partial charge in [-0.3, -0.25) is 0 Å². The molecule has 15 heteroatoms. The highest BCUT2D eigenvalue weighted by Crippen LogP contribution is 2.33. The third kappa shape index (κ3) is 12.1. The molecule has 0 saturated heterocycles. The van der Waals surface area contributed by atoms with Crippen LogP contribution in [0, 0.1) is 0 Å². The number of hydrogen-bond acceptors (Lipinski definition) is 9. The standard InChI is InChI=1S/C26H42O9Si6/c1-26(2,22-10-14-24(15-11-22)30-18-8-20-40(6,28-3)34-37-27)23-12-16-25(17-13-23)31-19-9-21-41(7,29-4)35-39(5)33-38-32-36/h10-17,39H,8-9,18-21H2,1-7H3. The van der Waals surface area contributed by atoms with Crippen LogP contribution in [0.4, 0.5) is 0 Å². The Morgan fingerprint density at radius 1 is 0.829 bits per heavy atom. The molecule has 0 aliphatic heterocycles. The summed E-state index contributed by atoms with van der Waals surface area (Å²) < 4.78 is 55.8. The maximum absolute atomic E-state index is 10.8. The lowest BCUT2D eigenvalue weighted by atomic mass is 9.78. The maximum atomic E-state index is 10.8. The second-order valence-corrected chi connectivity index (χ2v) is 21.8. The minimum atomic E-state index is -2.37. The Balaban J connectivity index is 1.84. The molecule has 6 radical (unpaired) electrons. The zero-order valence-electron chi connectivity index (χ0n) is 25.1. The molecule has 0 amide bonds. The highest BCUT2D eigenvalue weighted by atomic mass is 28.4. The first-order valence-electron chi connectivity index (χ1n) is 13.5. The molecular weight excluding hydrogens is 625 g/mol. The van der Waals surface area contributed by atoms with Crippen molar-refractivity contribution in [3.63, 3.8) is 0 Å². The third-order valence-electron chi connectivity index (χ3n) is 7.03. The van der Waals surface area contributed by atoms with Crippen molar-refractivity contribution in [2.75, 3.05) is 27.4 Å². The quantitative estimate of drug-likeness (QED) is 0.141. The molecule has 3 unspecified atom stereocenters. The summed E-state index contributed by atoms with van der Waals surface area (Å²) in [7, 11) is -1.11. The first-order valence-corrected chi connectivity index (χ1v) is 22.7. The molecule has 9 nitrogen and oxygen atoms in total. The SMILES string of the molecule is CO[Si](C)(CCCOc1ccc(C(C)(C)c2ccc(OCCC[Si](C)(OC)O[SiH](C)O[Si]O[Si])cc2)cc1)O[Si]=O. The Kier molecular flexibility index (Phi) is 15.6. The van der Waals surface area contributed by atoms with Crippen molar-refractivity contribution in [2.45, 2.75) is 63.8 Å². The summed E-state index contributed by atoms with van der Waals surface area (Å²) in [5.41, 5.74) is 2.20. The molecule has 41 heavy (non-hydrogen) atoms. The second-order valence-electron chi connectivity index (χ2n) is 10.4. The smallest absolute Gasteiger partial charge is 0.556 e. The highest BCUT2D eigenvalue weighted by Gasteiger charge is 2.33. The minimum Gasteiger partial charge on any atom is -0.556 e. The molecule has 0 aliphatic carbocycles. The number of benzene rings is 2. The normalized spacial score (nSPS) is 15.4. The van der Waals surface area contributed by atoms with E-state index in [1.807, 2.05) is 37.4 Å². The fraction of sp³-hybridized carbons (Fsp3) is 0.538. The first kappa shape index (κ1) is 35.9. The molecule has 2 rings (SSSR count). The zero-order valence-corrected chi connectivity index (χ0v) is 31.3. The van der Waals surface area contributed by atoms with Gasteiger partial charge in [-0.25, -0.2) is 0 Å². The third-order valence-corrected chi connectivity index (χ3v) is 18.7. The summed E-state index contributed by atoms with van der Waals surface area (Å²) in [5.74, 6) is 1.65. The van der Waals surface area contributed by atoms with E-state index in [1.165, 1.54) is 11.1 Å². The molecular formula is C26H42O9Si6. The van der Waals surface area contributed by atoms with E-state index in [0.29, 0.717) is 13.2 Å². The van der Waals surface area contributed by atoms with Gasteiger partial charge < -0.3 is 39.2 Å². The van der Waals surface area contributed by atoms with Gasteiger partial charge in [-0.05, 0) is 73.9 Å². The molecule has 0 aromatic heterocycles. The molecule has 0 saturated carbocycles. The van der Waals surface area contributed by atoms with E-state index in [4.69, 9.17) is 34.8 Å². The van der Waals surface area contributed by atoms with Crippen molar-refractivity contribution in [1.82, 2.24) is 0 Å². The Labute approximate surface area is 257 Å². The number of rotatable bonds is 21. The molecule has 0 spiro atoms. The predicted molar refractivity (Wildman–Crippen MR) is 167 cm³/mol. The molecule has 2 aromatic rings. The van der Waals surface area contributed by atoms with Crippen LogP contribution in [0.3, 0.4) is 0 Å². The molecule has 3 atom stereocenters. The van der Waals surface area contributed by atoms with E-state index >= 15 is 0 Å². The van der Waals surface area contributed by atoms with E-state index < -0.39 is 36.1 Å². The lowest BCUT2D eigenvalue weighted by Gasteiger charge is -2.28. The van der Waals surface area contributed by atoms with Crippen LogP contribution < -0.4 is 9.47 Å². The molecule has 0 aliphatic rings. The van der Waals surface area contributed by atoms with Crippen molar-refractivity contribution >= 4 is 56.5 Å². The van der Waals surface area contributed by atoms with Crippen molar-refractivity contribution in [3.05, 3.63) is 59.7 Å². The van der Waals surface area contributed by atoms with Gasteiger partial charge in [-0.2, -0.15) is 0 Å². The van der Waals surface area contributed by atoms with E-state index in [9.17, 15) is 4.46 Å². The molecule has 0 heterocycles. The summed E-state index contributed by atoms with van der Waals surface area (Å²) >= 11 is 0. The fourth-order valence-corrected chi connectivity index (χ4v) is 13.1. The summed E-state index contributed by atoms with van der Waals surface area (Å²) in [6.45, 7) is 11.5. The van der Waals surface area contributed by atoms with Crippen LogP contribution in [0.1, 0.15) is 37.8 Å². The lowest BCUT2D eigenvalue weighted by Crippen LogP contribution is -2.43. The number of ether oxygens (including phenoxy) is 2. The van der Waals surface area contributed by atoms with Gasteiger partial charge in [-0.15, -0.1) is 0 Å². The van der Waals surface area contributed by atoms with Crippen LogP contribution in [0.15, 0.2) is 48.5 Å². The van der Waals surface area contributed by atoms with Crippen molar-refractivity contribution in [2.24, 2.45) is 0 Å². The maximum Gasteiger partial charge on any atom is 0.580 e. The van der Waals surface area contributed by atoms with Crippen molar-refractivity contribution in [3.8, 4) is 11.5 Å². The molecule has 0 N–H and O–H groups in total. The highest BCUT2D eigenvalue weighted by molar-refractivity contribution is 6.73. The van der Waals surface area contributed by atoms with Crippen molar-refractivity contribution < 1.29 is 39.2 Å². The zero-order chi connectivity index (χ0) is 30.4. The van der Waals surface area contributed by atoms with Gasteiger partial charge in [0.1, 0.15) is 11.5 Å².